The fourth-order valence-electron chi connectivity index (χ4n) is 3.22. The Labute approximate surface area is 188 Å². The van der Waals surface area contributed by atoms with Crippen LogP contribution in [-0.4, -0.2) is 50.2 Å². The van der Waals surface area contributed by atoms with Crippen molar-refractivity contribution in [3.8, 4) is 0 Å². The zero-order valence-electron chi connectivity index (χ0n) is 17.6. The summed E-state index contributed by atoms with van der Waals surface area (Å²) in [5.74, 6) is 0.0731. The summed E-state index contributed by atoms with van der Waals surface area (Å²) in [6.07, 6.45) is 2.20. The first kappa shape index (κ1) is 24.8. The SMILES string of the molecule is C=N/N=C(\OCC(F)F)c1ccc(CCCN2CCCC2)cc1.SNc1ccccc1. The van der Waals surface area contributed by atoms with E-state index in [9.17, 15) is 8.78 Å². The van der Waals surface area contributed by atoms with Gasteiger partial charge in [-0.2, -0.15) is 5.10 Å². The van der Waals surface area contributed by atoms with Crippen molar-refractivity contribution in [2.45, 2.75) is 32.1 Å². The molecule has 2 aromatic carbocycles. The van der Waals surface area contributed by atoms with Crippen LogP contribution in [0.25, 0.3) is 0 Å². The lowest BCUT2D eigenvalue weighted by Crippen LogP contribution is -2.20. The summed E-state index contributed by atoms with van der Waals surface area (Å²) in [5, 5.41) is 7.05. The Morgan fingerprint density at radius 1 is 1.10 bits per heavy atom. The largest absolute Gasteiger partial charge is 0.470 e. The second-order valence-corrected chi connectivity index (χ2v) is 7.30. The Hall–Kier alpha value is -2.45. The number of ether oxygens (including phenoxy) is 1. The number of likely N-dealkylation sites (tertiary alicyclic amines) is 1. The van der Waals surface area contributed by atoms with Crippen molar-refractivity contribution in [1.82, 2.24) is 4.90 Å². The van der Waals surface area contributed by atoms with Crippen molar-refractivity contribution in [3.05, 3.63) is 65.7 Å². The van der Waals surface area contributed by atoms with E-state index in [1.165, 1.54) is 31.5 Å². The summed E-state index contributed by atoms with van der Waals surface area (Å²) in [5.41, 5.74) is 2.87. The molecule has 31 heavy (non-hydrogen) atoms. The highest BCUT2D eigenvalue weighted by molar-refractivity contribution is 7.81. The Bertz CT molecular complexity index is 782. The molecule has 0 unspecified atom stereocenters. The molecule has 0 radical (unpaired) electrons. The van der Waals surface area contributed by atoms with Crippen LogP contribution in [0.4, 0.5) is 14.5 Å². The predicted molar refractivity (Wildman–Crippen MR) is 128 cm³/mol. The molecule has 1 aliphatic rings. The average Bonchev–Trinajstić information content (AvgIpc) is 3.32. The number of anilines is 1. The summed E-state index contributed by atoms with van der Waals surface area (Å²) in [7, 11) is 0. The minimum absolute atomic E-state index is 0.0731. The minimum Gasteiger partial charge on any atom is -0.470 e. The molecule has 5 nitrogen and oxygen atoms in total. The van der Waals surface area contributed by atoms with Crippen molar-refractivity contribution in [2.75, 3.05) is 31.0 Å². The van der Waals surface area contributed by atoms with Crippen LogP contribution in [0.1, 0.15) is 30.4 Å². The Balaban J connectivity index is 0.000000357. The van der Waals surface area contributed by atoms with E-state index in [0.29, 0.717) is 5.56 Å². The van der Waals surface area contributed by atoms with Crippen LogP contribution in [-0.2, 0) is 11.2 Å². The summed E-state index contributed by atoms with van der Waals surface area (Å²) in [4.78, 5) is 2.49. The minimum atomic E-state index is -2.55. The number of halogens is 2. The average molecular weight is 449 g/mol. The first-order valence-corrected chi connectivity index (χ1v) is 10.8. The zero-order chi connectivity index (χ0) is 22.3. The molecule has 0 amide bonds. The molecule has 0 atom stereocenters. The van der Waals surface area contributed by atoms with Gasteiger partial charge in [-0.1, -0.05) is 43.1 Å². The van der Waals surface area contributed by atoms with E-state index in [1.807, 2.05) is 54.6 Å². The van der Waals surface area contributed by atoms with Crippen LogP contribution in [0.3, 0.4) is 0 Å². The molecule has 0 aliphatic carbocycles. The first-order chi connectivity index (χ1) is 15.1. The Morgan fingerprint density at radius 3 is 2.32 bits per heavy atom. The van der Waals surface area contributed by atoms with Crippen molar-refractivity contribution in [3.63, 3.8) is 0 Å². The second-order valence-electron chi connectivity index (χ2n) is 7.08. The number of hydrogen-bond acceptors (Lipinski definition) is 6. The number of para-hydroxylation sites is 1. The lowest BCUT2D eigenvalue weighted by Gasteiger charge is -2.14. The van der Waals surface area contributed by atoms with Gasteiger partial charge in [-0.05, 0) is 75.1 Å². The smallest absolute Gasteiger partial charge is 0.272 e. The van der Waals surface area contributed by atoms with Gasteiger partial charge in [0.1, 0.15) is 0 Å². The molecule has 168 valence electrons. The van der Waals surface area contributed by atoms with Crippen LogP contribution < -0.4 is 4.72 Å². The summed E-state index contributed by atoms with van der Waals surface area (Å²) < 4.78 is 32.2. The van der Waals surface area contributed by atoms with Crippen molar-refractivity contribution >= 4 is 31.1 Å². The number of hydrogen-bond donors (Lipinski definition) is 2. The third-order valence-corrected chi connectivity index (χ3v) is 5.01. The van der Waals surface area contributed by atoms with Gasteiger partial charge in [0.05, 0.1) is 0 Å². The Kier molecular flexibility index (Phi) is 11.6. The van der Waals surface area contributed by atoms with Gasteiger partial charge < -0.3 is 14.4 Å². The van der Waals surface area contributed by atoms with E-state index in [1.54, 1.807) is 0 Å². The molecule has 1 heterocycles. The lowest BCUT2D eigenvalue weighted by atomic mass is 10.1. The van der Waals surface area contributed by atoms with Crippen LogP contribution in [0, 0.1) is 0 Å². The maximum Gasteiger partial charge on any atom is 0.272 e. The summed E-state index contributed by atoms with van der Waals surface area (Å²) in [6.45, 7) is 6.10. The maximum atomic E-state index is 12.3. The topological polar surface area (TPSA) is 49.2 Å². The van der Waals surface area contributed by atoms with E-state index in [4.69, 9.17) is 4.74 Å². The number of benzene rings is 2. The van der Waals surface area contributed by atoms with Gasteiger partial charge in [-0.15, -0.1) is 5.10 Å². The van der Waals surface area contributed by atoms with Crippen molar-refractivity contribution < 1.29 is 13.5 Å². The monoisotopic (exact) mass is 448 g/mol. The number of rotatable bonds is 9. The van der Waals surface area contributed by atoms with E-state index in [2.05, 4.69) is 39.4 Å². The molecule has 0 spiro atoms. The maximum absolute atomic E-state index is 12.3. The second kappa shape index (κ2) is 14.5. The molecule has 2 aromatic rings. The molecule has 1 aliphatic heterocycles. The molecular weight excluding hydrogens is 418 g/mol. The van der Waals surface area contributed by atoms with Gasteiger partial charge in [0, 0.05) is 18.0 Å². The Morgan fingerprint density at radius 2 is 1.77 bits per heavy atom. The number of thiol groups is 1. The normalized spacial score (nSPS) is 14.1. The van der Waals surface area contributed by atoms with Gasteiger partial charge in [-0.3, -0.25) is 0 Å². The molecule has 1 fully saturated rings. The van der Waals surface area contributed by atoms with E-state index in [-0.39, 0.29) is 5.90 Å². The quantitative estimate of drug-likeness (QED) is 0.237. The molecule has 0 saturated carbocycles. The summed E-state index contributed by atoms with van der Waals surface area (Å²) in [6, 6.07) is 17.4. The van der Waals surface area contributed by atoms with Crippen LogP contribution in [0.2, 0.25) is 0 Å². The third kappa shape index (κ3) is 9.93. The highest BCUT2D eigenvalue weighted by Crippen LogP contribution is 2.12. The highest BCUT2D eigenvalue weighted by Gasteiger charge is 2.11. The molecule has 1 saturated heterocycles. The van der Waals surface area contributed by atoms with Crippen LogP contribution in [0.15, 0.2) is 64.8 Å². The number of nitrogens with one attached hydrogen (secondary N) is 1. The fourth-order valence-corrected chi connectivity index (χ4v) is 3.36. The van der Waals surface area contributed by atoms with Gasteiger partial charge in [0.15, 0.2) is 6.61 Å². The predicted octanol–water partition coefficient (Wildman–Crippen LogP) is 5.30. The van der Waals surface area contributed by atoms with E-state index >= 15 is 0 Å². The van der Waals surface area contributed by atoms with Gasteiger partial charge >= 0.3 is 0 Å². The molecule has 0 aromatic heterocycles. The molecule has 0 bridgehead atoms. The van der Waals surface area contributed by atoms with Gasteiger partial charge in [0.25, 0.3) is 6.43 Å². The highest BCUT2D eigenvalue weighted by atomic mass is 32.1. The molecule has 3 rings (SSSR count). The van der Waals surface area contributed by atoms with Gasteiger partial charge in [0.2, 0.25) is 5.90 Å². The summed E-state index contributed by atoms with van der Waals surface area (Å²) >= 11 is 3.86. The van der Waals surface area contributed by atoms with E-state index in [0.717, 1.165) is 25.1 Å². The molecule has 8 heteroatoms. The van der Waals surface area contributed by atoms with Crippen molar-refractivity contribution in [1.29, 1.82) is 0 Å². The number of nitrogens with zero attached hydrogens (tertiary/aromatic N) is 3. The molecule has 1 N–H and O–H groups in total. The van der Waals surface area contributed by atoms with E-state index < -0.39 is 13.0 Å². The van der Waals surface area contributed by atoms with Gasteiger partial charge in [-0.25, -0.2) is 8.78 Å². The first-order valence-electron chi connectivity index (χ1n) is 10.3. The van der Waals surface area contributed by atoms with Crippen LogP contribution in [0.5, 0.6) is 0 Å². The van der Waals surface area contributed by atoms with Crippen LogP contribution >= 0.6 is 12.8 Å². The number of aryl methyl sites for hydroxylation is 1. The standard InChI is InChI=1S/C17H23F2N3O.C6H7NS/c1-20-21-17(23-13-16(18)19)15-8-6-14(7-9-15)5-4-12-22-10-2-3-11-22;8-7-6-4-2-1-3-5-6/h6-9,16H,1-5,10-13H2;1-5,7-8H/b21-17-;. The number of alkyl halides is 2. The fraction of sp³-hybridized carbons (Fsp3) is 0.391. The van der Waals surface area contributed by atoms with Crippen molar-refractivity contribution in [2.24, 2.45) is 10.2 Å². The molecular formula is C23H30F2N4OS. The lowest BCUT2D eigenvalue weighted by molar-refractivity contribution is 0.0765. The zero-order valence-corrected chi connectivity index (χ0v) is 18.5. The third-order valence-electron chi connectivity index (χ3n) is 4.75.